The van der Waals surface area contributed by atoms with Crippen LogP contribution in [0.4, 0.5) is 0 Å². The van der Waals surface area contributed by atoms with E-state index in [0.29, 0.717) is 18.1 Å². The van der Waals surface area contributed by atoms with Crippen molar-refractivity contribution < 1.29 is 9.53 Å². The smallest absolute Gasteiger partial charge is 0.243 e. The Balaban J connectivity index is 1.77. The topological polar surface area (TPSA) is 41.6 Å². The Morgan fingerprint density at radius 3 is 2.95 bits per heavy atom. The molecule has 0 aromatic rings. The van der Waals surface area contributed by atoms with Gasteiger partial charge in [0.15, 0.2) is 0 Å². The van der Waals surface area contributed by atoms with Gasteiger partial charge in [0.25, 0.3) is 0 Å². The molecule has 2 heterocycles. The van der Waals surface area contributed by atoms with E-state index in [1.54, 1.807) is 0 Å². The molecule has 3 rings (SSSR count). The Morgan fingerprint density at radius 2 is 2.20 bits per heavy atom. The Kier molecular flexibility index (Phi) is 4.32. The summed E-state index contributed by atoms with van der Waals surface area (Å²) in [6.45, 7) is 4.67. The lowest BCUT2D eigenvalue weighted by Gasteiger charge is -2.46. The first kappa shape index (κ1) is 14.3. The van der Waals surface area contributed by atoms with Gasteiger partial charge in [-0.15, -0.1) is 0 Å². The van der Waals surface area contributed by atoms with Crippen molar-refractivity contribution in [3.8, 4) is 0 Å². The molecule has 20 heavy (non-hydrogen) atoms. The van der Waals surface area contributed by atoms with E-state index in [-0.39, 0.29) is 5.54 Å². The number of fused-ring (bicyclic) bond motifs is 1. The summed E-state index contributed by atoms with van der Waals surface area (Å²) < 4.78 is 5.90. The van der Waals surface area contributed by atoms with Gasteiger partial charge in [-0.3, -0.25) is 4.79 Å². The first-order chi connectivity index (χ1) is 9.77. The molecule has 1 N–H and O–H groups in total. The maximum atomic E-state index is 13.2. The second-order valence-electron chi connectivity index (χ2n) is 6.62. The van der Waals surface area contributed by atoms with E-state index >= 15 is 0 Å². The van der Waals surface area contributed by atoms with Crippen LogP contribution in [-0.2, 0) is 9.53 Å². The van der Waals surface area contributed by atoms with E-state index in [0.717, 1.165) is 58.2 Å². The van der Waals surface area contributed by atoms with Crippen molar-refractivity contribution in [1.29, 1.82) is 0 Å². The van der Waals surface area contributed by atoms with Gasteiger partial charge in [0.05, 0.1) is 24.3 Å². The van der Waals surface area contributed by atoms with Gasteiger partial charge in [-0.05, 0) is 38.6 Å². The zero-order valence-electron chi connectivity index (χ0n) is 12.7. The maximum Gasteiger partial charge on any atom is 0.243 e. The number of nitrogens with one attached hydrogen (secondary N) is 1. The predicted octanol–water partition coefficient (Wildman–Crippen LogP) is 2.08. The molecule has 0 aromatic carbocycles. The van der Waals surface area contributed by atoms with Crippen molar-refractivity contribution in [3.05, 3.63) is 0 Å². The molecule has 1 saturated carbocycles. The molecule has 0 bridgehead atoms. The van der Waals surface area contributed by atoms with Crippen molar-refractivity contribution in [2.45, 2.75) is 76.0 Å². The van der Waals surface area contributed by atoms with Crippen molar-refractivity contribution >= 4 is 5.91 Å². The third kappa shape index (κ3) is 2.48. The van der Waals surface area contributed by atoms with Gasteiger partial charge in [0.2, 0.25) is 5.91 Å². The number of hydrogen-bond acceptors (Lipinski definition) is 3. The Hall–Kier alpha value is -0.610. The summed E-state index contributed by atoms with van der Waals surface area (Å²) in [5, 5.41) is 3.53. The number of ether oxygens (including phenoxy) is 1. The van der Waals surface area contributed by atoms with E-state index in [9.17, 15) is 4.79 Å². The first-order valence-corrected chi connectivity index (χ1v) is 8.44. The van der Waals surface area contributed by atoms with Crippen molar-refractivity contribution in [2.24, 2.45) is 0 Å². The monoisotopic (exact) mass is 280 g/mol. The number of carbonyl (C=O) groups excluding carboxylic acids is 1. The third-order valence-corrected chi connectivity index (χ3v) is 5.32. The van der Waals surface area contributed by atoms with Gasteiger partial charge < -0.3 is 15.0 Å². The van der Waals surface area contributed by atoms with Gasteiger partial charge in [-0.2, -0.15) is 0 Å². The van der Waals surface area contributed by atoms with Gasteiger partial charge >= 0.3 is 0 Å². The summed E-state index contributed by atoms with van der Waals surface area (Å²) in [6, 6.07) is 0.334. The van der Waals surface area contributed by atoms with Crippen LogP contribution in [0.15, 0.2) is 0 Å². The molecule has 4 heteroatoms. The van der Waals surface area contributed by atoms with E-state index < -0.39 is 0 Å². The molecule has 1 amide bonds. The van der Waals surface area contributed by atoms with E-state index in [2.05, 4.69) is 17.1 Å². The van der Waals surface area contributed by atoms with Crippen LogP contribution in [0.3, 0.4) is 0 Å². The second kappa shape index (κ2) is 6.02. The van der Waals surface area contributed by atoms with Gasteiger partial charge in [-0.1, -0.05) is 26.2 Å². The van der Waals surface area contributed by atoms with Crippen molar-refractivity contribution in [2.75, 3.05) is 19.7 Å². The molecule has 3 atom stereocenters. The average molecular weight is 280 g/mol. The molecule has 2 aliphatic heterocycles. The first-order valence-electron chi connectivity index (χ1n) is 8.44. The van der Waals surface area contributed by atoms with Crippen LogP contribution in [0.5, 0.6) is 0 Å². The molecule has 0 spiro atoms. The normalized spacial score (nSPS) is 37.8. The quantitative estimate of drug-likeness (QED) is 0.860. The predicted molar refractivity (Wildman–Crippen MR) is 78.6 cm³/mol. The van der Waals surface area contributed by atoms with Crippen LogP contribution >= 0.6 is 0 Å². The van der Waals surface area contributed by atoms with Crippen molar-refractivity contribution in [3.63, 3.8) is 0 Å². The number of carbonyl (C=O) groups is 1. The van der Waals surface area contributed by atoms with Crippen LogP contribution in [0.25, 0.3) is 0 Å². The SMILES string of the molecule is CCCC1(C(=O)N2CCOC3CCCCC32)CCCN1. The van der Waals surface area contributed by atoms with Gasteiger partial charge in [0, 0.05) is 6.54 Å². The summed E-state index contributed by atoms with van der Waals surface area (Å²) in [5.41, 5.74) is -0.270. The fraction of sp³-hybridized carbons (Fsp3) is 0.938. The highest BCUT2D eigenvalue weighted by molar-refractivity contribution is 5.87. The molecular formula is C16H28N2O2. The Bertz CT molecular complexity index is 350. The number of morpholine rings is 1. The van der Waals surface area contributed by atoms with E-state index in [4.69, 9.17) is 4.74 Å². The number of hydrogen-bond donors (Lipinski definition) is 1. The summed E-state index contributed by atoms with van der Waals surface area (Å²) in [7, 11) is 0. The van der Waals surface area contributed by atoms with Crippen LogP contribution in [-0.4, -0.2) is 48.2 Å². The number of amides is 1. The van der Waals surface area contributed by atoms with Crippen LogP contribution in [0.1, 0.15) is 58.3 Å². The molecular weight excluding hydrogens is 252 g/mol. The zero-order valence-corrected chi connectivity index (χ0v) is 12.7. The molecule has 3 aliphatic rings. The summed E-state index contributed by atoms with van der Waals surface area (Å²) >= 11 is 0. The van der Waals surface area contributed by atoms with Gasteiger partial charge in [-0.25, -0.2) is 0 Å². The molecule has 3 fully saturated rings. The molecule has 4 nitrogen and oxygen atoms in total. The van der Waals surface area contributed by atoms with Crippen LogP contribution in [0, 0.1) is 0 Å². The zero-order chi connectivity index (χ0) is 14.0. The highest BCUT2D eigenvalue weighted by Crippen LogP contribution is 2.33. The van der Waals surface area contributed by atoms with Crippen LogP contribution < -0.4 is 5.32 Å². The number of nitrogens with zero attached hydrogens (tertiary/aromatic N) is 1. The Morgan fingerprint density at radius 1 is 1.35 bits per heavy atom. The molecule has 0 aromatic heterocycles. The minimum absolute atomic E-state index is 0.270. The largest absolute Gasteiger partial charge is 0.374 e. The lowest BCUT2D eigenvalue weighted by Crippen LogP contribution is -2.62. The minimum atomic E-state index is -0.270. The van der Waals surface area contributed by atoms with Gasteiger partial charge in [0.1, 0.15) is 0 Å². The average Bonchev–Trinajstić information content (AvgIpc) is 2.96. The molecule has 3 unspecified atom stereocenters. The standard InChI is InChI=1S/C16H28N2O2/c1-2-8-16(9-5-10-17-16)15(19)18-11-12-20-14-7-4-3-6-13(14)18/h13-14,17H,2-12H2,1H3. The lowest BCUT2D eigenvalue weighted by atomic mass is 9.85. The minimum Gasteiger partial charge on any atom is -0.374 e. The third-order valence-electron chi connectivity index (χ3n) is 5.32. The van der Waals surface area contributed by atoms with E-state index in [1.165, 1.54) is 12.8 Å². The fourth-order valence-electron chi connectivity index (χ4n) is 4.36. The van der Waals surface area contributed by atoms with Crippen molar-refractivity contribution in [1.82, 2.24) is 10.2 Å². The highest BCUT2D eigenvalue weighted by atomic mass is 16.5. The summed E-state index contributed by atoms with van der Waals surface area (Å²) in [5.74, 6) is 0.358. The maximum absolute atomic E-state index is 13.2. The summed E-state index contributed by atoms with van der Waals surface area (Å²) in [4.78, 5) is 15.3. The molecule has 0 radical (unpaired) electrons. The summed E-state index contributed by atoms with van der Waals surface area (Å²) in [6.07, 6.45) is 9.21. The Labute approximate surface area is 122 Å². The lowest BCUT2D eigenvalue weighted by molar-refractivity contribution is -0.156. The molecule has 1 aliphatic carbocycles. The highest BCUT2D eigenvalue weighted by Gasteiger charge is 2.46. The number of rotatable bonds is 3. The fourth-order valence-corrected chi connectivity index (χ4v) is 4.36. The van der Waals surface area contributed by atoms with Crippen LogP contribution in [0.2, 0.25) is 0 Å². The molecule has 2 saturated heterocycles. The second-order valence-corrected chi connectivity index (χ2v) is 6.62. The van der Waals surface area contributed by atoms with E-state index in [1.807, 2.05) is 0 Å². The molecule has 114 valence electrons.